The van der Waals surface area contributed by atoms with Gasteiger partial charge in [0.05, 0.1) is 17.3 Å². The zero-order chi connectivity index (χ0) is 14.1. The lowest BCUT2D eigenvalue weighted by Gasteiger charge is -2.23. The van der Waals surface area contributed by atoms with Gasteiger partial charge in [-0.2, -0.15) is 0 Å². The van der Waals surface area contributed by atoms with Gasteiger partial charge in [-0.1, -0.05) is 19.3 Å². The first-order valence-corrected chi connectivity index (χ1v) is 7.69. The van der Waals surface area contributed by atoms with E-state index in [0.29, 0.717) is 6.04 Å². The molecular weight excluding hydrogens is 262 g/mol. The summed E-state index contributed by atoms with van der Waals surface area (Å²) in [5.74, 6) is 1.55. The highest BCUT2D eigenvalue weighted by Gasteiger charge is 2.13. The standard InChI is InChI=1S/C17H19N3O/c1-2-5-12(6-3-1)18-13-8-9-14-15(11-13)20-17(19-14)16-7-4-10-21-16/h4,7-12,18H,1-3,5-6H2,(H,19,20). The number of rotatable bonds is 3. The molecule has 2 aromatic heterocycles. The minimum absolute atomic E-state index is 0.615. The molecule has 108 valence electrons. The summed E-state index contributed by atoms with van der Waals surface area (Å²) in [6.07, 6.45) is 8.28. The largest absolute Gasteiger partial charge is 0.461 e. The van der Waals surface area contributed by atoms with E-state index in [1.165, 1.54) is 37.8 Å². The molecule has 0 saturated heterocycles. The van der Waals surface area contributed by atoms with Crippen LogP contribution in [0.3, 0.4) is 0 Å². The molecule has 0 radical (unpaired) electrons. The van der Waals surface area contributed by atoms with Gasteiger partial charge in [0.15, 0.2) is 11.6 Å². The minimum atomic E-state index is 0.615. The maximum Gasteiger partial charge on any atom is 0.174 e. The highest BCUT2D eigenvalue weighted by Crippen LogP contribution is 2.25. The number of furan rings is 1. The van der Waals surface area contributed by atoms with Gasteiger partial charge in [-0.3, -0.25) is 0 Å². The fraction of sp³-hybridized carbons (Fsp3) is 0.353. The quantitative estimate of drug-likeness (QED) is 0.739. The second kappa shape index (κ2) is 5.28. The van der Waals surface area contributed by atoms with E-state index < -0.39 is 0 Å². The van der Waals surface area contributed by atoms with Crippen LogP contribution in [0.1, 0.15) is 32.1 Å². The number of aromatic amines is 1. The van der Waals surface area contributed by atoms with Gasteiger partial charge in [0.2, 0.25) is 0 Å². The van der Waals surface area contributed by atoms with Crippen LogP contribution < -0.4 is 5.32 Å². The topological polar surface area (TPSA) is 53.9 Å². The monoisotopic (exact) mass is 281 g/mol. The average Bonchev–Trinajstić information content (AvgIpc) is 3.17. The molecule has 3 aromatic rings. The summed E-state index contributed by atoms with van der Waals surface area (Å²) in [4.78, 5) is 7.90. The van der Waals surface area contributed by atoms with Crippen LogP contribution in [0.5, 0.6) is 0 Å². The van der Waals surface area contributed by atoms with Gasteiger partial charge in [-0.05, 0) is 43.2 Å². The molecule has 0 bridgehead atoms. The third-order valence-electron chi connectivity index (χ3n) is 4.21. The molecular formula is C17H19N3O. The molecule has 1 aliphatic carbocycles. The van der Waals surface area contributed by atoms with Crippen molar-refractivity contribution in [1.82, 2.24) is 9.97 Å². The van der Waals surface area contributed by atoms with Crippen molar-refractivity contribution >= 4 is 16.7 Å². The molecule has 0 amide bonds. The van der Waals surface area contributed by atoms with Crippen molar-refractivity contribution in [2.75, 3.05) is 5.32 Å². The molecule has 0 spiro atoms. The van der Waals surface area contributed by atoms with Gasteiger partial charge in [0.25, 0.3) is 0 Å². The van der Waals surface area contributed by atoms with Crippen molar-refractivity contribution < 1.29 is 4.42 Å². The SMILES string of the molecule is c1coc(-c2nc3ccc(NC4CCCCC4)cc3[nH]2)c1. The maximum atomic E-state index is 5.39. The first kappa shape index (κ1) is 12.5. The molecule has 4 rings (SSSR count). The third kappa shape index (κ3) is 2.53. The Morgan fingerprint density at radius 1 is 1.14 bits per heavy atom. The lowest BCUT2D eigenvalue weighted by Crippen LogP contribution is -2.22. The predicted octanol–water partition coefficient (Wildman–Crippen LogP) is 4.57. The van der Waals surface area contributed by atoms with Crippen LogP contribution >= 0.6 is 0 Å². The normalized spacial score (nSPS) is 16.4. The van der Waals surface area contributed by atoms with Gasteiger partial charge >= 0.3 is 0 Å². The van der Waals surface area contributed by atoms with E-state index in [-0.39, 0.29) is 0 Å². The first-order chi connectivity index (χ1) is 10.4. The number of benzene rings is 1. The Labute approximate surface area is 123 Å². The van der Waals surface area contributed by atoms with Gasteiger partial charge in [-0.25, -0.2) is 4.98 Å². The maximum absolute atomic E-state index is 5.39. The molecule has 0 atom stereocenters. The van der Waals surface area contributed by atoms with Crippen LogP contribution in [0.2, 0.25) is 0 Å². The number of H-pyrrole nitrogens is 1. The molecule has 2 heterocycles. The summed E-state index contributed by atoms with van der Waals surface area (Å²) in [5, 5.41) is 3.65. The van der Waals surface area contributed by atoms with Crippen LogP contribution in [0, 0.1) is 0 Å². The molecule has 4 heteroatoms. The number of fused-ring (bicyclic) bond motifs is 1. The van der Waals surface area contributed by atoms with E-state index in [0.717, 1.165) is 22.6 Å². The highest BCUT2D eigenvalue weighted by molar-refractivity contribution is 5.82. The second-order valence-corrected chi connectivity index (χ2v) is 5.77. The van der Waals surface area contributed by atoms with E-state index >= 15 is 0 Å². The van der Waals surface area contributed by atoms with Crippen molar-refractivity contribution in [2.24, 2.45) is 0 Å². The number of nitrogens with one attached hydrogen (secondary N) is 2. The van der Waals surface area contributed by atoms with E-state index in [4.69, 9.17) is 4.42 Å². The molecule has 1 fully saturated rings. The zero-order valence-corrected chi connectivity index (χ0v) is 11.9. The Morgan fingerprint density at radius 2 is 2.05 bits per heavy atom. The smallest absolute Gasteiger partial charge is 0.174 e. The van der Waals surface area contributed by atoms with Crippen LogP contribution in [0.15, 0.2) is 41.0 Å². The lowest BCUT2D eigenvalue weighted by atomic mass is 9.95. The van der Waals surface area contributed by atoms with Gasteiger partial charge < -0.3 is 14.7 Å². The Kier molecular flexibility index (Phi) is 3.14. The van der Waals surface area contributed by atoms with Crippen LogP contribution in [-0.2, 0) is 0 Å². The Bertz CT molecular complexity index is 724. The molecule has 21 heavy (non-hydrogen) atoms. The van der Waals surface area contributed by atoms with Gasteiger partial charge in [0.1, 0.15) is 0 Å². The summed E-state index contributed by atoms with van der Waals surface area (Å²) in [6.45, 7) is 0. The highest BCUT2D eigenvalue weighted by atomic mass is 16.3. The molecule has 4 nitrogen and oxygen atoms in total. The van der Waals surface area contributed by atoms with Crippen molar-refractivity contribution in [3.05, 3.63) is 36.6 Å². The molecule has 0 unspecified atom stereocenters. The number of hydrogen-bond donors (Lipinski definition) is 2. The van der Waals surface area contributed by atoms with Crippen molar-refractivity contribution in [2.45, 2.75) is 38.1 Å². The first-order valence-electron chi connectivity index (χ1n) is 7.69. The number of imidazole rings is 1. The third-order valence-corrected chi connectivity index (χ3v) is 4.21. The number of anilines is 1. The van der Waals surface area contributed by atoms with Crippen LogP contribution in [-0.4, -0.2) is 16.0 Å². The summed E-state index contributed by atoms with van der Waals surface area (Å²) in [7, 11) is 0. The van der Waals surface area contributed by atoms with Crippen LogP contribution in [0.25, 0.3) is 22.6 Å². The molecule has 2 N–H and O–H groups in total. The summed E-state index contributed by atoms with van der Waals surface area (Å²) >= 11 is 0. The van der Waals surface area contributed by atoms with Crippen molar-refractivity contribution in [3.8, 4) is 11.6 Å². The summed E-state index contributed by atoms with van der Waals surface area (Å²) < 4.78 is 5.39. The van der Waals surface area contributed by atoms with E-state index in [1.807, 2.05) is 12.1 Å². The fourth-order valence-electron chi connectivity index (χ4n) is 3.11. The number of aromatic nitrogens is 2. The van der Waals surface area contributed by atoms with Crippen molar-refractivity contribution in [3.63, 3.8) is 0 Å². The second-order valence-electron chi connectivity index (χ2n) is 5.77. The fourth-order valence-corrected chi connectivity index (χ4v) is 3.11. The Balaban J connectivity index is 1.60. The molecule has 0 aliphatic heterocycles. The van der Waals surface area contributed by atoms with E-state index in [1.54, 1.807) is 6.26 Å². The summed E-state index contributed by atoms with van der Waals surface area (Å²) in [6, 6.07) is 10.7. The minimum Gasteiger partial charge on any atom is -0.461 e. The molecule has 1 saturated carbocycles. The van der Waals surface area contributed by atoms with Gasteiger partial charge in [0, 0.05) is 11.7 Å². The van der Waals surface area contributed by atoms with E-state index in [9.17, 15) is 0 Å². The average molecular weight is 281 g/mol. The lowest BCUT2D eigenvalue weighted by molar-refractivity contribution is 0.463. The zero-order valence-electron chi connectivity index (χ0n) is 11.9. The Morgan fingerprint density at radius 3 is 2.86 bits per heavy atom. The molecule has 1 aliphatic rings. The number of nitrogens with zero attached hydrogens (tertiary/aromatic N) is 1. The molecule has 1 aromatic carbocycles. The predicted molar refractivity (Wildman–Crippen MR) is 84.3 cm³/mol. The van der Waals surface area contributed by atoms with E-state index in [2.05, 4.69) is 33.5 Å². The van der Waals surface area contributed by atoms with Gasteiger partial charge in [-0.15, -0.1) is 0 Å². The van der Waals surface area contributed by atoms with Crippen molar-refractivity contribution in [1.29, 1.82) is 0 Å². The number of hydrogen-bond acceptors (Lipinski definition) is 3. The summed E-state index contributed by atoms with van der Waals surface area (Å²) in [5.41, 5.74) is 3.18. The Hall–Kier alpha value is -2.23. The van der Waals surface area contributed by atoms with Crippen LogP contribution in [0.4, 0.5) is 5.69 Å².